The second-order valence-electron chi connectivity index (χ2n) is 5.77. The summed E-state index contributed by atoms with van der Waals surface area (Å²) in [4.78, 5) is 24.1. The summed E-state index contributed by atoms with van der Waals surface area (Å²) in [5.74, 6) is -1.71. The van der Waals surface area contributed by atoms with E-state index in [-0.39, 0.29) is 23.5 Å². The first-order valence-corrected chi connectivity index (χ1v) is 7.30. The van der Waals surface area contributed by atoms with Crippen molar-refractivity contribution in [2.75, 3.05) is 6.61 Å². The SMILES string of the molecule is O=C(c1ccccc1)c1cc2c(cc1O)C(CO)(C(=O)O)CC2. The number of carbonyl (C=O) groups is 2. The van der Waals surface area contributed by atoms with Crippen LogP contribution in [-0.2, 0) is 16.6 Å². The molecule has 5 heteroatoms. The van der Waals surface area contributed by atoms with Crippen LogP contribution in [0.25, 0.3) is 0 Å². The van der Waals surface area contributed by atoms with Crippen LogP contribution in [0.4, 0.5) is 0 Å². The highest BCUT2D eigenvalue weighted by Gasteiger charge is 2.45. The molecule has 1 aliphatic carbocycles. The quantitative estimate of drug-likeness (QED) is 0.749. The molecule has 2 aromatic rings. The molecule has 3 rings (SSSR count). The second kappa shape index (κ2) is 5.52. The van der Waals surface area contributed by atoms with Gasteiger partial charge in [0.25, 0.3) is 0 Å². The van der Waals surface area contributed by atoms with Crippen LogP contribution in [0, 0.1) is 0 Å². The first kappa shape index (κ1) is 15.2. The smallest absolute Gasteiger partial charge is 0.316 e. The number of aliphatic hydroxyl groups is 1. The molecule has 0 fully saturated rings. The van der Waals surface area contributed by atoms with E-state index in [1.54, 1.807) is 36.4 Å². The maximum absolute atomic E-state index is 12.5. The van der Waals surface area contributed by atoms with Crippen molar-refractivity contribution in [3.05, 3.63) is 64.7 Å². The van der Waals surface area contributed by atoms with Crippen molar-refractivity contribution in [3.8, 4) is 5.75 Å². The Morgan fingerprint density at radius 1 is 1.13 bits per heavy atom. The third kappa shape index (κ3) is 2.29. The van der Waals surface area contributed by atoms with E-state index in [2.05, 4.69) is 0 Å². The number of aliphatic hydroxyl groups excluding tert-OH is 1. The lowest BCUT2D eigenvalue weighted by atomic mass is 9.82. The summed E-state index contributed by atoms with van der Waals surface area (Å²) in [6, 6.07) is 11.4. The number of fused-ring (bicyclic) bond motifs is 1. The zero-order valence-corrected chi connectivity index (χ0v) is 12.3. The number of carboxylic acids is 1. The number of hydrogen-bond donors (Lipinski definition) is 3. The standard InChI is InChI=1S/C18H16O5/c19-10-18(17(22)23)7-6-12-8-13(15(20)9-14(12)18)16(21)11-4-2-1-3-5-11/h1-5,8-9,19-20H,6-7,10H2,(H,22,23). The number of carbonyl (C=O) groups excluding carboxylic acids is 1. The van der Waals surface area contributed by atoms with Gasteiger partial charge in [-0.3, -0.25) is 9.59 Å². The molecule has 0 amide bonds. The van der Waals surface area contributed by atoms with E-state index in [1.165, 1.54) is 6.07 Å². The van der Waals surface area contributed by atoms with Gasteiger partial charge in [-0.2, -0.15) is 0 Å². The fraction of sp³-hybridized carbons (Fsp3) is 0.222. The fourth-order valence-electron chi connectivity index (χ4n) is 3.15. The van der Waals surface area contributed by atoms with Gasteiger partial charge < -0.3 is 15.3 Å². The van der Waals surface area contributed by atoms with Gasteiger partial charge in [-0.15, -0.1) is 0 Å². The van der Waals surface area contributed by atoms with E-state index in [9.17, 15) is 24.9 Å². The Balaban J connectivity index is 2.09. The first-order chi connectivity index (χ1) is 11.0. The summed E-state index contributed by atoms with van der Waals surface area (Å²) in [6.07, 6.45) is 0.689. The Labute approximate surface area is 132 Å². The molecule has 0 bridgehead atoms. The van der Waals surface area contributed by atoms with Gasteiger partial charge in [0.2, 0.25) is 0 Å². The van der Waals surface area contributed by atoms with Gasteiger partial charge in [-0.05, 0) is 36.1 Å². The van der Waals surface area contributed by atoms with Crippen molar-refractivity contribution >= 4 is 11.8 Å². The Morgan fingerprint density at radius 3 is 2.43 bits per heavy atom. The van der Waals surface area contributed by atoms with Crippen LogP contribution < -0.4 is 0 Å². The zero-order valence-electron chi connectivity index (χ0n) is 12.3. The summed E-state index contributed by atoms with van der Waals surface area (Å²) in [5, 5.41) is 29.2. The molecule has 1 atom stereocenters. The minimum Gasteiger partial charge on any atom is -0.507 e. The van der Waals surface area contributed by atoms with Gasteiger partial charge in [-0.25, -0.2) is 0 Å². The summed E-state index contributed by atoms with van der Waals surface area (Å²) < 4.78 is 0. The van der Waals surface area contributed by atoms with Crippen molar-refractivity contribution in [1.82, 2.24) is 0 Å². The molecule has 2 aromatic carbocycles. The van der Waals surface area contributed by atoms with Crippen molar-refractivity contribution in [1.29, 1.82) is 0 Å². The predicted molar refractivity (Wildman–Crippen MR) is 82.7 cm³/mol. The largest absolute Gasteiger partial charge is 0.507 e. The highest BCUT2D eigenvalue weighted by Crippen LogP contribution is 2.42. The molecular formula is C18H16O5. The number of rotatable bonds is 4. The number of ketones is 1. The maximum atomic E-state index is 12.5. The van der Waals surface area contributed by atoms with E-state index in [0.717, 1.165) is 0 Å². The van der Waals surface area contributed by atoms with Crippen LogP contribution in [0.2, 0.25) is 0 Å². The average Bonchev–Trinajstić information content (AvgIpc) is 2.93. The maximum Gasteiger partial charge on any atom is 0.316 e. The van der Waals surface area contributed by atoms with Crippen LogP contribution in [0.1, 0.15) is 33.5 Å². The molecule has 0 heterocycles. The fourth-order valence-corrected chi connectivity index (χ4v) is 3.15. The minimum absolute atomic E-state index is 0.147. The van der Waals surface area contributed by atoms with Crippen LogP contribution in [0.5, 0.6) is 5.75 Å². The highest BCUT2D eigenvalue weighted by atomic mass is 16.4. The Hall–Kier alpha value is -2.66. The van der Waals surface area contributed by atoms with Crippen molar-refractivity contribution in [2.45, 2.75) is 18.3 Å². The lowest BCUT2D eigenvalue weighted by Gasteiger charge is -2.23. The number of aromatic hydroxyl groups is 1. The van der Waals surface area contributed by atoms with E-state index in [1.807, 2.05) is 0 Å². The van der Waals surface area contributed by atoms with Crippen molar-refractivity contribution in [3.63, 3.8) is 0 Å². The highest BCUT2D eigenvalue weighted by molar-refractivity contribution is 6.11. The number of phenols is 1. The molecule has 3 N–H and O–H groups in total. The minimum atomic E-state index is -1.40. The molecule has 23 heavy (non-hydrogen) atoms. The molecule has 0 aromatic heterocycles. The monoisotopic (exact) mass is 312 g/mol. The van der Waals surface area contributed by atoms with E-state index in [4.69, 9.17) is 0 Å². The molecule has 118 valence electrons. The van der Waals surface area contributed by atoms with Crippen LogP contribution in [0.15, 0.2) is 42.5 Å². The number of aryl methyl sites for hydroxylation is 1. The van der Waals surface area contributed by atoms with Gasteiger partial charge >= 0.3 is 5.97 Å². The van der Waals surface area contributed by atoms with Gasteiger partial charge in [0, 0.05) is 5.56 Å². The van der Waals surface area contributed by atoms with Crippen molar-refractivity contribution < 1.29 is 24.9 Å². The van der Waals surface area contributed by atoms with Gasteiger partial charge in [0.1, 0.15) is 11.2 Å². The third-order valence-electron chi connectivity index (χ3n) is 4.52. The normalized spacial score (nSPS) is 19.3. The number of benzene rings is 2. The molecule has 0 aliphatic heterocycles. The number of carboxylic acid groups (broad SMARTS) is 1. The molecule has 0 saturated heterocycles. The van der Waals surface area contributed by atoms with Crippen LogP contribution >= 0.6 is 0 Å². The van der Waals surface area contributed by atoms with E-state index >= 15 is 0 Å². The molecule has 5 nitrogen and oxygen atoms in total. The summed E-state index contributed by atoms with van der Waals surface area (Å²) in [5.41, 5.74) is 0.260. The van der Waals surface area contributed by atoms with E-state index < -0.39 is 18.0 Å². The lowest BCUT2D eigenvalue weighted by molar-refractivity contribution is -0.145. The predicted octanol–water partition coefficient (Wildman–Crippen LogP) is 1.88. The topological polar surface area (TPSA) is 94.8 Å². The first-order valence-electron chi connectivity index (χ1n) is 7.30. The van der Waals surface area contributed by atoms with Crippen molar-refractivity contribution in [2.24, 2.45) is 0 Å². The molecule has 0 saturated carbocycles. The molecular weight excluding hydrogens is 296 g/mol. The van der Waals surface area contributed by atoms with Gasteiger partial charge in [0.15, 0.2) is 5.78 Å². The Kier molecular flexibility index (Phi) is 3.66. The number of phenolic OH excluding ortho intramolecular Hbond substituents is 1. The summed E-state index contributed by atoms with van der Waals surface area (Å²) >= 11 is 0. The lowest BCUT2D eigenvalue weighted by Crippen LogP contribution is -2.37. The summed E-state index contributed by atoms with van der Waals surface area (Å²) in [6.45, 7) is -0.541. The van der Waals surface area contributed by atoms with Gasteiger partial charge in [0.05, 0.1) is 12.2 Å². The molecule has 1 aliphatic rings. The number of aliphatic carboxylic acids is 1. The zero-order chi connectivity index (χ0) is 16.6. The van der Waals surface area contributed by atoms with E-state index in [0.29, 0.717) is 23.1 Å². The third-order valence-corrected chi connectivity index (χ3v) is 4.52. The van der Waals surface area contributed by atoms with Gasteiger partial charge in [-0.1, -0.05) is 30.3 Å². The summed E-state index contributed by atoms with van der Waals surface area (Å²) in [7, 11) is 0. The Morgan fingerprint density at radius 2 is 1.83 bits per heavy atom. The molecule has 0 spiro atoms. The number of hydrogen-bond acceptors (Lipinski definition) is 4. The molecule has 1 unspecified atom stereocenters. The van der Waals surface area contributed by atoms with Crippen LogP contribution in [0.3, 0.4) is 0 Å². The van der Waals surface area contributed by atoms with Crippen LogP contribution in [-0.4, -0.2) is 33.7 Å². The second-order valence-corrected chi connectivity index (χ2v) is 5.77. The average molecular weight is 312 g/mol. The molecule has 0 radical (unpaired) electrons. The Bertz CT molecular complexity index is 781.